The Hall–Kier alpha value is -3.44. The molecular weight excluding hydrogens is 540 g/mol. The summed E-state index contributed by atoms with van der Waals surface area (Å²) >= 11 is 4.89. The van der Waals surface area contributed by atoms with E-state index in [9.17, 15) is 4.79 Å². The number of pyridine rings is 2. The average molecular weight is 563 g/mol. The van der Waals surface area contributed by atoms with Crippen LogP contribution in [0.15, 0.2) is 58.8 Å². The Morgan fingerprint density at radius 1 is 1.17 bits per heavy atom. The molecular formula is C25H23BrN8OS. The lowest BCUT2D eigenvalue weighted by molar-refractivity contribution is 0.0925. The molecule has 6 rings (SSSR count). The number of carbonyl (C=O) groups excluding carboxylic acids is 1. The summed E-state index contributed by atoms with van der Waals surface area (Å²) in [6.07, 6.45) is 9.00. The largest absolute Gasteiger partial charge is 0.349 e. The summed E-state index contributed by atoms with van der Waals surface area (Å²) < 4.78 is 3.21. The normalized spacial score (nSPS) is 17.9. The minimum Gasteiger partial charge on any atom is -0.349 e. The number of nitrogens with one attached hydrogen (secondary N) is 1. The van der Waals surface area contributed by atoms with Crippen molar-refractivity contribution in [3.63, 3.8) is 0 Å². The van der Waals surface area contributed by atoms with E-state index in [0.717, 1.165) is 57.7 Å². The van der Waals surface area contributed by atoms with E-state index in [2.05, 4.69) is 46.0 Å². The van der Waals surface area contributed by atoms with Crippen LogP contribution in [0.4, 0.5) is 0 Å². The summed E-state index contributed by atoms with van der Waals surface area (Å²) in [7, 11) is 0. The standard InChI is InChI=1S/C25H23BrN8OS/c1-15-13-29-34(32-15)23-12-20-19(14-28-23)31-24(18-7-2-3-10-27-18)33(20)17-6-4-5-16(11-17)30-25(35)21-8-9-22(26)36-21/h2-3,7-10,12-14,16-17H,4-6,11H2,1H3,(H,30,35). The summed E-state index contributed by atoms with van der Waals surface area (Å²) in [5, 5.41) is 12.0. The molecule has 1 amide bonds. The Morgan fingerprint density at radius 2 is 2.08 bits per heavy atom. The van der Waals surface area contributed by atoms with Gasteiger partial charge >= 0.3 is 0 Å². The predicted molar refractivity (Wildman–Crippen MR) is 141 cm³/mol. The van der Waals surface area contributed by atoms with E-state index in [4.69, 9.17) is 4.98 Å². The lowest BCUT2D eigenvalue weighted by atomic mass is 9.90. The van der Waals surface area contributed by atoms with Crippen LogP contribution in [0, 0.1) is 6.92 Å². The lowest BCUT2D eigenvalue weighted by Crippen LogP contribution is -2.38. The zero-order valence-electron chi connectivity index (χ0n) is 19.5. The fourth-order valence-corrected chi connectivity index (χ4v) is 6.10. The van der Waals surface area contributed by atoms with Gasteiger partial charge in [-0.15, -0.1) is 16.1 Å². The monoisotopic (exact) mass is 562 g/mol. The van der Waals surface area contributed by atoms with Gasteiger partial charge in [0.1, 0.15) is 11.2 Å². The van der Waals surface area contributed by atoms with Gasteiger partial charge in [-0.2, -0.15) is 10.2 Å². The summed E-state index contributed by atoms with van der Waals surface area (Å²) in [5.74, 6) is 1.41. The maximum absolute atomic E-state index is 12.8. The zero-order chi connectivity index (χ0) is 24.6. The van der Waals surface area contributed by atoms with Gasteiger partial charge in [-0.25, -0.2) is 9.97 Å². The van der Waals surface area contributed by atoms with Crippen molar-refractivity contribution in [2.75, 3.05) is 0 Å². The molecule has 1 fully saturated rings. The number of hydrogen-bond acceptors (Lipinski definition) is 7. The van der Waals surface area contributed by atoms with E-state index in [-0.39, 0.29) is 18.0 Å². The Bertz CT molecular complexity index is 1540. The molecule has 0 bridgehead atoms. The molecule has 1 N–H and O–H groups in total. The summed E-state index contributed by atoms with van der Waals surface area (Å²) in [6.45, 7) is 1.90. The molecule has 5 aromatic rings. The number of fused-ring (bicyclic) bond motifs is 1. The third-order valence-corrected chi connectivity index (χ3v) is 8.03. The van der Waals surface area contributed by atoms with Gasteiger partial charge in [0.05, 0.1) is 32.3 Å². The van der Waals surface area contributed by atoms with Gasteiger partial charge in [0.25, 0.3) is 5.91 Å². The zero-order valence-corrected chi connectivity index (χ0v) is 21.9. The first-order valence-corrected chi connectivity index (χ1v) is 13.4. The highest BCUT2D eigenvalue weighted by Crippen LogP contribution is 2.36. The Labute approximate surface area is 219 Å². The number of aromatic nitrogens is 7. The van der Waals surface area contributed by atoms with Gasteiger partial charge in [0, 0.05) is 24.3 Å². The maximum Gasteiger partial charge on any atom is 0.261 e. The van der Waals surface area contributed by atoms with Gasteiger partial charge in [0.15, 0.2) is 11.6 Å². The van der Waals surface area contributed by atoms with E-state index < -0.39 is 0 Å². The second kappa shape index (κ2) is 9.55. The van der Waals surface area contributed by atoms with Crippen molar-refractivity contribution in [2.24, 2.45) is 0 Å². The third kappa shape index (κ3) is 4.44. The second-order valence-electron chi connectivity index (χ2n) is 8.92. The van der Waals surface area contributed by atoms with E-state index >= 15 is 0 Å². The van der Waals surface area contributed by atoms with Crippen LogP contribution in [-0.2, 0) is 0 Å². The molecule has 1 aliphatic rings. The summed E-state index contributed by atoms with van der Waals surface area (Å²) in [5.41, 5.74) is 3.37. The maximum atomic E-state index is 12.8. The van der Waals surface area contributed by atoms with Gasteiger partial charge in [-0.3, -0.25) is 9.78 Å². The third-order valence-electron chi connectivity index (χ3n) is 6.41. The number of nitrogens with zero attached hydrogens (tertiary/aromatic N) is 7. The predicted octanol–water partition coefficient (Wildman–Crippen LogP) is 5.12. The van der Waals surface area contributed by atoms with E-state index in [1.807, 2.05) is 43.3 Å². The van der Waals surface area contributed by atoms with E-state index in [1.165, 1.54) is 16.1 Å². The first kappa shape index (κ1) is 23.0. The molecule has 11 heteroatoms. The molecule has 5 heterocycles. The fourth-order valence-electron chi connectivity index (χ4n) is 4.81. The van der Waals surface area contributed by atoms with Crippen LogP contribution in [0.1, 0.15) is 47.1 Å². The van der Waals surface area contributed by atoms with Crippen molar-refractivity contribution in [1.82, 2.24) is 39.8 Å². The quantitative estimate of drug-likeness (QED) is 0.319. The molecule has 0 spiro atoms. The minimum absolute atomic E-state index is 0.0246. The Morgan fingerprint density at radius 3 is 2.83 bits per heavy atom. The molecule has 5 aromatic heterocycles. The number of hydrogen-bond donors (Lipinski definition) is 1. The van der Waals surface area contributed by atoms with Crippen molar-refractivity contribution < 1.29 is 4.79 Å². The molecule has 0 aliphatic heterocycles. The molecule has 0 saturated heterocycles. The highest BCUT2D eigenvalue weighted by atomic mass is 79.9. The van der Waals surface area contributed by atoms with Crippen molar-refractivity contribution in [3.05, 3.63) is 69.3 Å². The molecule has 2 atom stereocenters. The lowest BCUT2D eigenvalue weighted by Gasteiger charge is -2.31. The van der Waals surface area contributed by atoms with Gasteiger partial charge in [0.2, 0.25) is 0 Å². The second-order valence-corrected chi connectivity index (χ2v) is 11.4. The molecule has 2 unspecified atom stereocenters. The van der Waals surface area contributed by atoms with Crippen molar-refractivity contribution in [1.29, 1.82) is 0 Å². The number of rotatable bonds is 5. The molecule has 36 heavy (non-hydrogen) atoms. The van der Waals surface area contributed by atoms with Gasteiger partial charge in [-0.1, -0.05) is 6.07 Å². The van der Waals surface area contributed by atoms with E-state index in [0.29, 0.717) is 10.7 Å². The SMILES string of the molecule is Cc1cnn(-c2cc3c(cn2)nc(-c2ccccn2)n3C2CCCC(NC(=O)c3ccc(Br)s3)C2)n1. The number of amides is 1. The van der Waals surface area contributed by atoms with E-state index in [1.54, 1.807) is 18.6 Å². The fraction of sp³-hybridized carbons (Fsp3) is 0.280. The van der Waals surface area contributed by atoms with Crippen LogP contribution >= 0.6 is 27.3 Å². The number of thiophene rings is 1. The Balaban J connectivity index is 1.38. The first-order valence-electron chi connectivity index (χ1n) is 11.8. The molecule has 1 saturated carbocycles. The topological polar surface area (TPSA) is 103 Å². The van der Waals surface area contributed by atoms with Crippen molar-refractivity contribution in [2.45, 2.75) is 44.7 Å². The van der Waals surface area contributed by atoms with Crippen LogP contribution in [0.5, 0.6) is 0 Å². The minimum atomic E-state index is -0.0246. The number of halogens is 1. The van der Waals surface area contributed by atoms with Crippen LogP contribution in [0.3, 0.4) is 0 Å². The highest BCUT2D eigenvalue weighted by Gasteiger charge is 2.29. The molecule has 9 nitrogen and oxygen atoms in total. The van der Waals surface area contributed by atoms with Gasteiger partial charge < -0.3 is 9.88 Å². The molecule has 1 aliphatic carbocycles. The smallest absolute Gasteiger partial charge is 0.261 e. The molecule has 182 valence electrons. The van der Waals surface area contributed by atoms with Crippen LogP contribution < -0.4 is 5.32 Å². The highest BCUT2D eigenvalue weighted by molar-refractivity contribution is 9.11. The van der Waals surface area contributed by atoms with Crippen LogP contribution in [0.2, 0.25) is 0 Å². The number of carbonyl (C=O) groups is 1. The Kier molecular flexibility index (Phi) is 6.10. The number of aryl methyl sites for hydroxylation is 1. The van der Waals surface area contributed by atoms with Crippen molar-refractivity contribution >= 4 is 44.2 Å². The van der Waals surface area contributed by atoms with Crippen LogP contribution in [-0.4, -0.2) is 46.5 Å². The molecule has 0 radical (unpaired) electrons. The summed E-state index contributed by atoms with van der Waals surface area (Å²) in [6, 6.07) is 11.8. The summed E-state index contributed by atoms with van der Waals surface area (Å²) in [4.78, 5) is 29.2. The average Bonchev–Trinajstić information content (AvgIpc) is 3.62. The molecule has 0 aromatic carbocycles. The van der Waals surface area contributed by atoms with Crippen molar-refractivity contribution in [3.8, 4) is 17.3 Å². The first-order chi connectivity index (χ1) is 17.5. The number of imidazole rings is 1. The van der Waals surface area contributed by atoms with Gasteiger partial charge in [-0.05, 0) is 72.8 Å². The van der Waals surface area contributed by atoms with Crippen LogP contribution in [0.25, 0.3) is 28.4 Å².